The van der Waals surface area contributed by atoms with Crippen LogP contribution in [-0.4, -0.2) is 65.6 Å². The zero-order valence-corrected chi connectivity index (χ0v) is 28.2. The first-order valence-electron chi connectivity index (χ1n) is 16.7. The van der Waals surface area contributed by atoms with Crippen molar-refractivity contribution < 1.29 is 57.2 Å². The molecular formula is C39H36O12. The fraction of sp³-hybridized carbons (Fsp3) is 0.333. The van der Waals surface area contributed by atoms with Crippen LogP contribution in [0.3, 0.4) is 0 Å². The highest BCUT2D eigenvalue weighted by Crippen LogP contribution is 2.52. The van der Waals surface area contributed by atoms with Gasteiger partial charge in [0.05, 0.1) is 46.8 Å². The molecular weight excluding hydrogens is 660 g/mol. The van der Waals surface area contributed by atoms with Crippen molar-refractivity contribution in [3.63, 3.8) is 0 Å². The fourth-order valence-corrected chi connectivity index (χ4v) is 7.53. The SMILES string of the molecule is COc1ccc2c(c1)OC1(O)COc3cc(OC)c(OC)cc3C1=C2.c1cc2c(cc1C1OCC3C(c4ccc5c(c4)OCO5)OCC13)OCO2. The predicted molar refractivity (Wildman–Crippen MR) is 181 cm³/mol. The lowest BCUT2D eigenvalue weighted by molar-refractivity contribution is -0.116. The van der Waals surface area contributed by atoms with Crippen LogP contribution in [-0.2, 0) is 9.47 Å². The minimum atomic E-state index is -1.58. The van der Waals surface area contributed by atoms with Crippen molar-refractivity contribution in [1.29, 1.82) is 0 Å². The van der Waals surface area contributed by atoms with Crippen LogP contribution in [0.5, 0.6) is 51.7 Å². The average Bonchev–Trinajstić information content (AvgIpc) is 3.98. The van der Waals surface area contributed by atoms with E-state index < -0.39 is 5.79 Å². The van der Waals surface area contributed by atoms with Gasteiger partial charge in [0.2, 0.25) is 13.6 Å². The lowest BCUT2D eigenvalue weighted by Gasteiger charge is -2.39. The number of rotatable bonds is 5. The van der Waals surface area contributed by atoms with Gasteiger partial charge in [-0.3, -0.25) is 0 Å². The summed E-state index contributed by atoms with van der Waals surface area (Å²) in [6.07, 6.45) is 1.94. The Balaban J connectivity index is 0.000000137. The second-order valence-electron chi connectivity index (χ2n) is 12.9. The van der Waals surface area contributed by atoms with Crippen LogP contribution in [0.25, 0.3) is 11.6 Å². The number of hydrogen-bond donors (Lipinski definition) is 1. The van der Waals surface area contributed by atoms with Crippen LogP contribution in [0.15, 0.2) is 66.7 Å². The van der Waals surface area contributed by atoms with E-state index in [0.29, 0.717) is 64.9 Å². The first-order chi connectivity index (χ1) is 24.9. The Hall–Kier alpha value is -5.30. The first-order valence-corrected chi connectivity index (χ1v) is 16.7. The summed E-state index contributed by atoms with van der Waals surface area (Å²) in [7, 11) is 4.71. The van der Waals surface area contributed by atoms with E-state index in [4.69, 9.17) is 52.1 Å². The van der Waals surface area contributed by atoms with E-state index in [2.05, 4.69) is 12.1 Å². The highest BCUT2D eigenvalue weighted by molar-refractivity contribution is 5.92. The second kappa shape index (κ2) is 12.5. The van der Waals surface area contributed by atoms with Gasteiger partial charge in [0.15, 0.2) is 41.1 Å². The molecule has 10 rings (SSSR count). The molecule has 5 unspecified atom stereocenters. The van der Waals surface area contributed by atoms with Gasteiger partial charge in [0, 0.05) is 40.7 Å². The third-order valence-electron chi connectivity index (χ3n) is 10.1. The maximum absolute atomic E-state index is 11.0. The normalized spacial score (nSPS) is 25.5. The molecule has 2 fully saturated rings. The molecule has 0 bridgehead atoms. The predicted octanol–water partition coefficient (Wildman–Crippen LogP) is 5.95. The number of aliphatic hydroxyl groups is 1. The maximum Gasteiger partial charge on any atom is 0.270 e. The Kier molecular flexibility index (Phi) is 7.75. The molecule has 6 aliphatic heterocycles. The Morgan fingerprint density at radius 1 is 0.608 bits per heavy atom. The highest BCUT2D eigenvalue weighted by atomic mass is 16.7. The molecule has 6 heterocycles. The van der Waals surface area contributed by atoms with Gasteiger partial charge in [0.1, 0.15) is 17.2 Å². The topological polar surface area (TPSA) is 122 Å². The lowest BCUT2D eigenvalue weighted by atomic mass is 9.85. The van der Waals surface area contributed by atoms with Gasteiger partial charge >= 0.3 is 0 Å². The standard InChI is InChI=1S/C20H18O6.C19H18O6/c1-3-15-17(25-9-23-15)5-11(1)19-13-7-22-20(14(13)8-21-19)12-2-4-16-18(6-12)26-10-24-16;1-21-12-5-4-11-6-14-13-8-17(22-2)18(23-3)9-16(13)24-10-19(14,20)25-15(11)7-12/h1-6,13-14,19-20H,7-10H2;4-9,20H,10H2,1-3H3. The van der Waals surface area contributed by atoms with Crippen LogP contribution >= 0.6 is 0 Å². The third-order valence-corrected chi connectivity index (χ3v) is 10.1. The first kappa shape index (κ1) is 31.7. The molecule has 0 saturated carbocycles. The molecule has 51 heavy (non-hydrogen) atoms. The smallest absolute Gasteiger partial charge is 0.270 e. The molecule has 1 N–H and O–H groups in total. The van der Waals surface area contributed by atoms with Crippen molar-refractivity contribution >= 4 is 11.6 Å². The van der Waals surface area contributed by atoms with Gasteiger partial charge in [-0.1, -0.05) is 12.1 Å². The molecule has 5 atom stereocenters. The van der Waals surface area contributed by atoms with Gasteiger partial charge in [-0.15, -0.1) is 0 Å². The molecule has 0 spiro atoms. The van der Waals surface area contributed by atoms with Crippen molar-refractivity contribution in [1.82, 2.24) is 0 Å². The van der Waals surface area contributed by atoms with Crippen molar-refractivity contribution in [3.05, 3.63) is 89.0 Å². The number of hydrogen-bond acceptors (Lipinski definition) is 12. The minimum absolute atomic E-state index is 0.0218. The van der Waals surface area contributed by atoms with E-state index in [1.165, 1.54) is 0 Å². The van der Waals surface area contributed by atoms with Crippen molar-refractivity contribution in [2.45, 2.75) is 18.0 Å². The van der Waals surface area contributed by atoms with Crippen molar-refractivity contribution in [2.24, 2.45) is 11.8 Å². The lowest BCUT2D eigenvalue weighted by Crippen LogP contribution is -2.47. The molecule has 0 amide bonds. The van der Waals surface area contributed by atoms with E-state index in [1.807, 2.05) is 42.5 Å². The minimum Gasteiger partial charge on any atom is -0.497 e. The van der Waals surface area contributed by atoms with Gasteiger partial charge in [-0.05, 0) is 59.7 Å². The van der Waals surface area contributed by atoms with Crippen LogP contribution in [0.4, 0.5) is 0 Å². The summed E-state index contributed by atoms with van der Waals surface area (Å²) in [6.45, 7) is 1.90. The number of methoxy groups -OCH3 is 3. The third kappa shape index (κ3) is 5.41. The highest BCUT2D eigenvalue weighted by Gasteiger charge is 2.49. The van der Waals surface area contributed by atoms with E-state index in [0.717, 1.165) is 39.7 Å². The van der Waals surface area contributed by atoms with Crippen molar-refractivity contribution in [2.75, 3.05) is 54.7 Å². The maximum atomic E-state index is 11.0. The summed E-state index contributed by atoms with van der Waals surface area (Å²) in [6, 6.07) is 21.1. The molecule has 0 aromatic heterocycles. The molecule has 4 aromatic carbocycles. The largest absolute Gasteiger partial charge is 0.497 e. The molecule has 6 aliphatic rings. The zero-order chi connectivity index (χ0) is 34.7. The average molecular weight is 697 g/mol. The Labute approximate surface area is 293 Å². The van der Waals surface area contributed by atoms with Gasteiger partial charge in [-0.2, -0.15) is 0 Å². The second-order valence-corrected chi connectivity index (χ2v) is 12.9. The molecule has 0 radical (unpaired) electrons. The molecule has 12 heteroatoms. The van der Waals surface area contributed by atoms with Crippen LogP contribution in [0.1, 0.15) is 34.5 Å². The van der Waals surface area contributed by atoms with Gasteiger partial charge in [-0.25, -0.2) is 0 Å². The van der Waals surface area contributed by atoms with Gasteiger partial charge < -0.3 is 57.2 Å². The Morgan fingerprint density at radius 3 is 1.82 bits per heavy atom. The summed E-state index contributed by atoms with van der Waals surface area (Å²) in [4.78, 5) is 0. The molecule has 4 aromatic rings. The van der Waals surface area contributed by atoms with E-state index in [1.54, 1.807) is 39.5 Å². The van der Waals surface area contributed by atoms with E-state index in [9.17, 15) is 5.11 Å². The van der Waals surface area contributed by atoms with Crippen LogP contribution in [0.2, 0.25) is 0 Å². The number of benzene rings is 4. The zero-order valence-electron chi connectivity index (χ0n) is 28.2. The number of ether oxygens (including phenoxy) is 11. The summed E-state index contributed by atoms with van der Waals surface area (Å²) in [5.41, 5.74) is 4.41. The fourth-order valence-electron chi connectivity index (χ4n) is 7.53. The molecule has 2 saturated heterocycles. The molecule has 0 aliphatic carbocycles. The quantitative estimate of drug-likeness (QED) is 0.266. The van der Waals surface area contributed by atoms with Crippen LogP contribution in [0, 0.1) is 11.8 Å². The number of fused-ring (bicyclic) bond motifs is 7. The molecule has 12 nitrogen and oxygen atoms in total. The van der Waals surface area contributed by atoms with E-state index >= 15 is 0 Å². The molecule has 264 valence electrons. The van der Waals surface area contributed by atoms with Crippen molar-refractivity contribution in [3.8, 4) is 51.7 Å². The summed E-state index contributed by atoms with van der Waals surface area (Å²) in [5, 5.41) is 11.0. The van der Waals surface area contributed by atoms with Crippen LogP contribution < -0.4 is 42.6 Å². The summed E-state index contributed by atoms with van der Waals surface area (Å²) < 4.78 is 61.7. The Bertz CT molecular complexity index is 1950. The Morgan fingerprint density at radius 2 is 1.22 bits per heavy atom. The summed E-state index contributed by atoms with van der Waals surface area (Å²) >= 11 is 0. The summed E-state index contributed by atoms with van der Waals surface area (Å²) in [5.74, 6) is 5.16. The van der Waals surface area contributed by atoms with E-state index in [-0.39, 0.29) is 32.4 Å². The monoisotopic (exact) mass is 696 g/mol. The van der Waals surface area contributed by atoms with Gasteiger partial charge in [0.25, 0.3) is 5.79 Å².